The molecule has 1 fully saturated rings. The Morgan fingerprint density at radius 1 is 1.19 bits per heavy atom. The summed E-state index contributed by atoms with van der Waals surface area (Å²) in [6, 6.07) is 12.8. The van der Waals surface area contributed by atoms with E-state index in [9.17, 15) is 4.79 Å². The number of hydrogen-bond donors (Lipinski definition) is 1. The number of nitrogens with one attached hydrogen (secondary N) is 1. The quantitative estimate of drug-likeness (QED) is 0.472. The summed E-state index contributed by atoms with van der Waals surface area (Å²) in [6.07, 6.45) is 6.93. The Balaban J connectivity index is 1.35. The van der Waals surface area contributed by atoms with Crippen LogP contribution in [0.2, 0.25) is 5.02 Å². The van der Waals surface area contributed by atoms with E-state index in [-0.39, 0.29) is 18.4 Å². The van der Waals surface area contributed by atoms with Crippen molar-refractivity contribution in [3.8, 4) is 22.8 Å². The van der Waals surface area contributed by atoms with E-state index in [1.54, 1.807) is 25.4 Å². The number of benzene rings is 2. The first kappa shape index (κ1) is 21.2. The van der Waals surface area contributed by atoms with Gasteiger partial charge < -0.3 is 19.2 Å². The van der Waals surface area contributed by atoms with E-state index in [4.69, 9.17) is 25.5 Å². The van der Waals surface area contributed by atoms with Crippen LogP contribution >= 0.6 is 11.6 Å². The molecule has 4 rings (SSSR count). The number of aryl methyl sites for hydroxylation is 1. The van der Waals surface area contributed by atoms with Gasteiger partial charge in [-0.05, 0) is 49.9 Å². The number of halogens is 1. The van der Waals surface area contributed by atoms with Gasteiger partial charge in [0.15, 0.2) is 23.1 Å². The van der Waals surface area contributed by atoms with E-state index in [0.29, 0.717) is 40.3 Å². The Kier molecular flexibility index (Phi) is 6.77. The van der Waals surface area contributed by atoms with E-state index < -0.39 is 0 Å². The number of ether oxygens (including phenoxy) is 2. The number of methoxy groups -OCH3 is 1. The fraction of sp³-hybridized carbons (Fsp3) is 0.333. The summed E-state index contributed by atoms with van der Waals surface area (Å²) in [5.74, 6) is 2.27. The zero-order valence-corrected chi connectivity index (χ0v) is 18.2. The molecule has 0 saturated heterocycles. The first-order chi connectivity index (χ1) is 15.1. The van der Waals surface area contributed by atoms with Crippen molar-refractivity contribution in [2.45, 2.75) is 44.6 Å². The number of anilines is 1. The number of aromatic nitrogens is 1. The largest absolute Gasteiger partial charge is 0.493 e. The SMILES string of the molecule is COc1ccc(NC(=O)CCc2ncc(-c3ccccc3Cl)o2)cc1OC1CCCC1. The molecular formula is C24H25ClN2O4. The number of carbonyl (C=O) groups is 1. The van der Waals surface area contributed by atoms with Crippen LogP contribution in [0.3, 0.4) is 0 Å². The van der Waals surface area contributed by atoms with Gasteiger partial charge in [-0.15, -0.1) is 0 Å². The first-order valence-electron chi connectivity index (χ1n) is 10.5. The van der Waals surface area contributed by atoms with Crippen LogP contribution in [0.4, 0.5) is 5.69 Å². The van der Waals surface area contributed by atoms with Gasteiger partial charge >= 0.3 is 0 Å². The molecule has 1 saturated carbocycles. The molecule has 0 atom stereocenters. The molecule has 0 aliphatic heterocycles. The highest BCUT2D eigenvalue weighted by molar-refractivity contribution is 6.33. The minimum absolute atomic E-state index is 0.130. The molecule has 1 aromatic heterocycles. The molecule has 1 aliphatic rings. The molecule has 2 aromatic carbocycles. The molecule has 3 aromatic rings. The lowest BCUT2D eigenvalue weighted by atomic mass is 10.2. The van der Waals surface area contributed by atoms with Crippen LogP contribution in [0.5, 0.6) is 11.5 Å². The Hall–Kier alpha value is -2.99. The lowest BCUT2D eigenvalue weighted by Crippen LogP contribution is -2.14. The molecule has 0 unspecified atom stereocenters. The maximum atomic E-state index is 12.5. The molecule has 0 radical (unpaired) electrons. The Morgan fingerprint density at radius 3 is 2.77 bits per heavy atom. The van der Waals surface area contributed by atoms with Gasteiger partial charge in [0.25, 0.3) is 0 Å². The van der Waals surface area contributed by atoms with Gasteiger partial charge in [0, 0.05) is 30.2 Å². The lowest BCUT2D eigenvalue weighted by Gasteiger charge is -2.17. The molecule has 6 nitrogen and oxygen atoms in total. The fourth-order valence-electron chi connectivity index (χ4n) is 3.69. The Morgan fingerprint density at radius 2 is 2.00 bits per heavy atom. The van der Waals surface area contributed by atoms with Crippen molar-refractivity contribution in [1.29, 1.82) is 0 Å². The van der Waals surface area contributed by atoms with Crippen molar-refractivity contribution in [2.75, 3.05) is 12.4 Å². The summed E-state index contributed by atoms with van der Waals surface area (Å²) < 4.78 is 17.3. The van der Waals surface area contributed by atoms with Crippen LogP contribution in [0.15, 0.2) is 53.1 Å². The van der Waals surface area contributed by atoms with Crippen molar-refractivity contribution in [2.24, 2.45) is 0 Å². The zero-order chi connectivity index (χ0) is 21.6. The number of oxazole rings is 1. The predicted molar refractivity (Wildman–Crippen MR) is 120 cm³/mol. The van der Waals surface area contributed by atoms with Crippen molar-refractivity contribution >= 4 is 23.2 Å². The van der Waals surface area contributed by atoms with Crippen molar-refractivity contribution in [3.63, 3.8) is 0 Å². The molecular weight excluding hydrogens is 416 g/mol. The molecule has 1 heterocycles. The summed E-state index contributed by atoms with van der Waals surface area (Å²) in [5.41, 5.74) is 1.45. The molecule has 1 N–H and O–H groups in total. The van der Waals surface area contributed by atoms with E-state index in [1.165, 1.54) is 12.8 Å². The first-order valence-corrected chi connectivity index (χ1v) is 10.8. The number of amides is 1. The van der Waals surface area contributed by atoms with Gasteiger partial charge in [0.05, 0.1) is 24.4 Å². The maximum absolute atomic E-state index is 12.5. The molecule has 1 amide bonds. The van der Waals surface area contributed by atoms with Gasteiger partial charge in [0.1, 0.15) is 0 Å². The molecule has 0 spiro atoms. The van der Waals surface area contributed by atoms with Gasteiger partial charge in [-0.2, -0.15) is 0 Å². The third-order valence-electron chi connectivity index (χ3n) is 5.30. The summed E-state index contributed by atoms with van der Waals surface area (Å²) in [7, 11) is 1.61. The van der Waals surface area contributed by atoms with Gasteiger partial charge in [-0.1, -0.05) is 23.7 Å². The standard InChI is InChI=1S/C24H25ClN2O4/c1-29-20-11-10-16(14-21(20)30-17-6-2-3-7-17)27-23(28)12-13-24-26-15-22(31-24)18-8-4-5-9-19(18)25/h4-5,8-11,14-15,17H,2-3,6-7,12-13H2,1H3,(H,27,28). The van der Waals surface area contributed by atoms with Crippen molar-refractivity contribution < 1.29 is 18.7 Å². The number of carbonyl (C=O) groups excluding carboxylic acids is 1. The smallest absolute Gasteiger partial charge is 0.224 e. The van der Waals surface area contributed by atoms with Gasteiger partial charge in [0.2, 0.25) is 5.91 Å². The van der Waals surface area contributed by atoms with Gasteiger partial charge in [-0.3, -0.25) is 4.79 Å². The molecule has 162 valence electrons. The van der Waals surface area contributed by atoms with Crippen LogP contribution in [0, 0.1) is 0 Å². The monoisotopic (exact) mass is 440 g/mol. The van der Waals surface area contributed by atoms with E-state index in [1.807, 2.05) is 30.3 Å². The summed E-state index contributed by atoms with van der Waals surface area (Å²) in [5, 5.41) is 3.51. The van der Waals surface area contributed by atoms with Crippen LogP contribution < -0.4 is 14.8 Å². The van der Waals surface area contributed by atoms with Crippen molar-refractivity contribution in [3.05, 3.63) is 59.6 Å². The van der Waals surface area contributed by atoms with E-state index in [0.717, 1.165) is 18.4 Å². The highest BCUT2D eigenvalue weighted by Crippen LogP contribution is 2.34. The van der Waals surface area contributed by atoms with Crippen molar-refractivity contribution in [1.82, 2.24) is 4.98 Å². The third-order valence-corrected chi connectivity index (χ3v) is 5.63. The van der Waals surface area contributed by atoms with Gasteiger partial charge in [-0.25, -0.2) is 4.98 Å². The maximum Gasteiger partial charge on any atom is 0.224 e. The molecule has 7 heteroatoms. The number of nitrogens with zero attached hydrogens (tertiary/aromatic N) is 1. The lowest BCUT2D eigenvalue weighted by molar-refractivity contribution is -0.116. The number of rotatable bonds is 8. The normalized spacial score (nSPS) is 13.9. The highest BCUT2D eigenvalue weighted by atomic mass is 35.5. The summed E-state index contributed by atoms with van der Waals surface area (Å²) in [4.78, 5) is 16.7. The third kappa shape index (κ3) is 5.39. The second-order valence-electron chi connectivity index (χ2n) is 7.54. The van der Waals surface area contributed by atoms with Crippen LogP contribution in [-0.2, 0) is 11.2 Å². The minimum atomic E-state index is -0.130. The second kappa shape index (κ2) is 9.88. The zero-order valence-electron chi connectivity index (χ0n) is 17.4. The van der Waals surface area contributed by atoms with E-state index in [2.05, 4.69) is 10.3 Å². The highest BCUT2D eigenvalue weighted by Gasteiger charge is 2.19. The molecule has 0 bridgehead atoms. The Bertz CT molecular complexity index is 1040. The summed E-state index contributed by atoms with van der Waals surface area (Å²) in [6.45, 7) is 0. The average Bonchev–Trinajstić information content (AvgIpc) is 3.45. The van der Waals surface area contributed by atoms with E-state index >= 15 is 0 Å². The average molecular weight is 441 g/mol. The van der Waals surface area contributed by atoms with Crippen LogP contribution in [0.25, 0.3) is 11.3 Å². The second-order valence-corrected chi connectivity index (χ2v) is 7.94. The number of hydrogen-bond acceptors (Lipinski definition) is 5. The molecule has 1 aliphatic carbocycles. The summed E-state index contributed by atoms with van der Waals surface area (Å²) >= 11 is 6.20. The fourth-order valence-corrected chi connectivity index (χ4v) is 3.92. The minimum Gasteiger partial charge on any atom is -0.493 e. The topological polar surface area (TPSA) is 73.6 Å². The Labute approximate surface area is 186 Å². The van der Waals surface area contributed by atoms with Crippen LogP contribution in [0.1, 0.15) is 38.0 Å². The molecule has 31 heavy (non-hydrogen) atoms. The van der Waals surface area contributed by atoms with Crippen LogP contribution in [-0.4, -0.2) is 24.1 Å². The predicted octanol–water partition coefficient (Wildman–Crippen LogP) is 5.90.